The van der Waals surface area contributed by atoms with Crippen LogP contribution in [-0.4, -0.2) is 26.2 Å². The highest BCUT2D eigenvalue weighted by Crippen LogP contribution is 2.24. The number of benzene rings is 1. The van der Waals surface area contributed by atoms with Gasteiger partial charge < -0.3 is 5.01 Å². The fourth-order valence-electron chi connectivity index (χ4n) is 1.85. The van der Waals surface area contributed by atoms with Gasteiger partial charge in [-0.25, -0.2) is 5.01 Å². The fourth-order valence-corrected chi connectivity index (χ4v) is 1.85. The molecule has 0 unspecified atom stereocenters. The average molecular weight is 202 g/mol. The second kappa shape index (κ2) is 4.07. The summed E-state index contributed by atoms with van der Waals surface area (Å²) < 4.78 is 0. The number of anilines is 1. The highest BCUT2D eigenvalue weighted by Gasteiger charge is 2.08. The number of hydrogen-bond acceptors (Lipinski definition) is 2. The van der Waals surface area contributed by atoms with Gasteiger partial charge in [0.1, 0.15) is 0 Å². The molecule has 80 valence electrons. The minimum Gasteiger partial charge on any atom is -0.309 e. The molecule has 2 rings (SSSR count). The molecule has 0 radical (unpaired) electrons. The summed E-state index contributed by atoms with van der Waals surface area (Å²) in [5, 5.41) is 4.24. The Labute approximate surface area is 91.8 Å². The molecule has 0 atom stereocenters. The van der Waals surface area contributed by atoms with Crippen LogP contribution in [0.1, 0.15) is 17.5 Å². The van der Waals surface area contributed by atoms with Crippen molar-refractivity contribution in [3.8, 4) is 0 Å². The van der Waals surface area contributed by atoms with Crippen molar-refractivity contribution in [1.29, 1.82) is 0 Å². The van der Waals surface area contributed by atoms with Crippen molar-refractivity contribution >= 4 is 11.8 Å². The minimum absolute atomic E-state index is 1.17. The van der Waals surface area contributed by atoms with Crippen LogP contribution in [0.15, 0.2) is 24.3 Å². The number of aryl methyl sites for hydroxylation is 1. The third-order valence-corrected chi connectivity index (χ3v) is 2.98. The van der Waals surface area contributed by atoms with Gasteiger partial charge in [-0.2, -0.15) is 0 Å². The minimum atomic E-state index is 1.17. The van der Waals surface area contributed by atoms with Crippen molar-refractivity contribution in [2.45, 2.75) is 12.8 Å². The fraction of sp³-hybridized carbons (Fsp3) is 0.385. The molecular formula is C13H18N2. The van der Waals surface area contributed by atoms with E-state index in [9.17, 15) is 0 Å². The summed E-state index contributed by atoms with van der Waals surface area (Å²) in [5.41, 5.74) is 4.09. The molecule has 0 heterocycles. The van der Waals surface area contributed by atoms with E-state index < -0.39 is 0 Å². The summed E-state index contributed by atoms with van der Waals surface area (Å²) in [6.45, 7) is 0. The lowest BCUT2D eigenvalue weighted by Gasteiger charge is -2.27. The van der Waals surface area contributed by atoms with E-state index in [-0.39, 0.29) is 0 Å². The molecule has 0 saturated carbocycles. The van der Waals surface area contributed by atoms with Gasteiger partial charge in [-0.05, 0) is 36.1 Å². The second-order valence-corrected chi connectivity index (χ2v) is 4.19. The number of rotatable bonds is 2. The van der Waals surface area contributed by atoms with Gasteiger partial charge in [-0.15, -0.1) is 0 Å². The summed E-state index contributed by atoms with van der Waals surface area (Å²) in [5.74, 6) is 0. The van der Waals surface area contributed by atoms with E-state index in [1.165, 1.54) is 29.7 Å². The predicted molar refractivity (Wildman–Crippen MR) is 65.9 cm³/mol. The van der Waals surface area contributed by atoms with Crippen molar-refractivity contribution in [3.05, 3.63) is 35.4 Å². The summed E-state index contributed by atoms with van der Waals surface area (Å²) in [6.07, 6.45) is 6.80. The maximum Gasteiger partial charge on any atom is 0.0521 e. The molecule has 0 saturated heterocycles. The number of hydrazine groups is 1. The van der Waals surface area contributed by atoms with E-state index >= 15 is 0 Å². The average Bonchev–Trinajstić information content (AvgIpc) is 2.27. The normalized spacial score (nSPS) is 14.1. The van der Waals surface area contributed by atoms with E-state index in [4.69, 9.17) is 0 Å². The first-order valence-corrected chi connectivity index (χ1v) is 5.39. The van der Waals surface area contributed by atoms with Crippen LogP contribution in [0.2, 0.25) is 0 Å². The van der Waals surface area contributed by atoms with Gasteiger partial charge in [0.15, 0.2) is 0 Å². The molecule has 2 nitrogen and oxygen atoms in total. The van der Waals surface area contributed by atoms with E-state index in [1.807, 2.05) is 0 Å². The van der Waals surface area contributed by atoms with Gasteiger partial charge in [0.25, 0.3) is 0 Å². The monoisotopic (exact) mass is 202 g/mol. The van der Waals surface area contributed by atoms with Crippen LogP contribution in [0.5, 0.6) is 0 Å². The van der Waals surface area contributed by atoms with Crippen LogP contribution in [0.4, 0.5) is 5.69 Å². The van der Waals surface area contributed by atoms with Crippen LogP contribution in [0.25, 0.3) is 6.08 Å². The topological polar surface area (TPSA) is 6.48 Å². The standard InChI is InChI=1S/C13H18N2/c1-14(2)15(3)13-9-8-11-6-4-5-7-12(11)10-13/h4,6,8-10H,5,7H2,1-3H3. The number of nitrogens with zero attached hydrogens (tertiary/aromatic N) is 2. The number of hydrogen-bond donors (Lipinski definition) is 0. The van der Waals surface area contributed by atoms with Crippen molar-refractivity contribution in [1.82, 2.24) is 5.01 Å². The zero-order valence-electron chi connectivity index (χ0n) is 9.70. The summed E-state index contributed by atoms with van der Waals surface area (Å²) >= 11 is 0. The van der Waals surface area contributed by atoms with E-state index in [0.29, 0.717) is 0 Å². The van der Waals surface area contributed by atoms with E-state index in [2.05, 4.69) is 61.5 Å². The molecule has 0 spiro atoms. The Balaban J connectivity index is 2.32. The van der Waals surface area contributed by atoms with Crippen LogP contribution in [0, 0.1) is 0 Å². The summed E-state index contributed by atoms with van der Waals surface area (Å²) in [4.78, 5) is 0. The summed E-state index contributed by atoms with van der Waals surface area (Å²) in [7, 11) is 6.19. The zero-order valence-corrected chi connectivity index (χ0v) is 9.70. The van der Waals surface area contributed by atoms with Gasteiger partial charge in [-0.1, -0.05) is 18.2 Å². The molecular weight excluding hydrogens is 184 g/mol. The Bertz CT molecular complexity index is 380. The van der Waals surface area contributed by atoms with Crippen LogP contribution >= 0.6 is 0 Å². The molecule has 1 aromatic carbocycles. The second-order valence-electron chi connectivity index (χ2n) is 4.19. The zero-order chi connectivity index (χ0) is 10.8. The lowest BCUT2D eigenvalue weighted by atomic mass is 9.97. The molecule has 0 aromatic heterocycles. The Morgan fingerprint density at radius 3 is 2.67 bits per heavy atom. The van der Waals surface area contributed by atoms with Gasteiger partial charge in [-0.3, -0.25) is 0 Å². The lowest BCUT2D eigenvalue weighted by molar-refractivity contribution is 0.397. The molecule has 1 aliphatic rings. The first-order valence-electron chi connectivity index (χ1n) is 5.39. The van der Waals surface area contributed by atoms with Crippen LogP contribution in [0.3, 0.4) is 0 Å². The first kappa shape index (κ1) is 10.2. The molecule has 2 heteroatoms. The van der Waals surface area contributed by atoms with Crippen LogP contribution < -0.4 is 5.01 Å². The van der Waals surface area contributed by atoms with Gasteiger partial charge in [0.2, 0.25) is 0 Å². The molecule has 0 fully saturated rings. The summed E-state index contributed by atoms with van der Waals surface area (Å²) in [6, 6.07) is 6.67. The van der Waals surface area contributed by atoms with Gasteiger partial charge in [0.05, 0.1) is 5.69 Å². The van der Waals surface area contributed by atoms with Gasteiger partial charge in [0, 0.05) is 21.1 Å². The Kier molecular flexibility index (Phi) is 2.78. The molecule has 0 amide bonds. The first-order chi connectivity index (χ1) is 7.18. The number of allylic oxidation sites excluding steroid dienone is 1. The molecule has 0 aliphatic heterocycles. The largest absolute Gasteiger partial charge is 0.309 e. The molecule has 1 aromatic rings. The molecule has 15 heavy (non-hydrogen) atoms. The predicted octanol–water partition coefficient (Wildman–Crippen LogP) is 2.56. The van der Waals surface area contributed by atoms with E-state index in [1.54, 1.807) is 0 Å². The smallest absolute Gasteiger partial charge is 0.0521 e. The Hall–Kier alpha value is -1.28. The third-order valence-electron chi connectivity index (χ3n) is 2.98. The van der Waals surface area contributed by atoms with Crippen LogP contribution in [-0.2, 0) is 6.42 Å². The highest BCUT2D eigenvalue weighted by molar-refractivity contribution is 5.61. The maximum absolute atomic E-state index is 2.29. The Morgan fingerprint density at radius 2 is 1.93 bits per heavy atom. The molecule has 1 aliphatic carbocycles. The van der Waals surface area contributed by atoms with Crippen molar-refractivity contribution in [3.63, 3.8) is 0 Å². The number of fused-ring (bicyclic) bond motifs is 1. The lowest BCUT2D eigenvalue weighted by Crippen LogP contribution is -2.32. The van der Waals surface area contributed by atoms with Gasteiger partial charge >= 0.3 is 0 Å². The Morgan fingerprint density at radius 1 is 1.13 bits per heavy atom. The highest BCUT2D eigenvalue weighted by atomic mass is 15.6. The molecule has 0 N–H and O–H groups in total. The third kappa shape index (κ3) is 2.05. The molecule has 0 bridgehead atoms. The SMILES string of the molecule is CN(C)N(C)c1ccc2c(c1)CCC=C2. The van der Waals surface area contributed by atoms with Crippen molar-refractivity contribution < 1.29 is 0 Å². The quantitative estimate of drug-likeness (QED) is 0.680. The van der Waals surface area contributed by atoms with Crippen molar-refractivity contribution in [2.75, 3.05) is 26.2 Å². The van der Waals surface area contributed by atoms with E-state index in [0.717, 1.165) is 0 Å². The maximum atomic E-state index is 2.29. The van der Waals surface area contributed by atoms with Crippen molar-refractivity contribution in [2.24, 2.45) is 0 Å².